The Morgan fingerprint density at radius 3 is 2.67 bits per heavy atom. The Morgan fingerprint density at radius 1 is 1.27 bits per heavy atom. The van der Waals surface area contributed by atoms with Crippen molar-refractivity contribution in [2.24, 2.45) is 0 Å². The number of thiophene rings is 1. The Balaban J connectivity index is 2.69. The first-order valence-electron chi connectivity index (χ1n) is 4.69. The molecule has 1 aromatic carbocycles. The van der Waals surface area contributed by atoms with Crippen LogP contribution in [0.25, 0.3) is 10.1 Å². The smallest absolute Gasteiger partial charge is 0.263 e. The summed E-state index contributed by atoms with van der Waals surface area (Å²) in [5.41, 5.74) is 0.912. The van der Waals surface area contributed by atoms with E-state index in [1.807, 2.05) is 31.3 Å². The monoisotopic (exact) mass is 220 g/mol. The fourth-order valence-corrected chi connectivity index (χ4v) is 2.72. The van der Waals surface area contributed by atoms with Crippen molar-refractivity contribution in [3.05, 3.63) is 29.1 Å². The van der Waals surface area contributed by atoms with Gasteiger partial charge in [0.05, 0.1) is 5.69 Å². The van der Waals surface area contributed by atoms with Crippen molar-refractivity contribution in [3.63, 3.8) is 0 Å². The van der Waals surface area contributed by atoms with Gasteiger partial charge in [0.1, 0.15) is 4.88 Å². The molecular weight excluding hydrogens is 208 g/mol. The summed E-state index contributed by atoms with van der Waals surface area (Å²) in [7, 11) is 3.48. The fourth-order valence-electron chi connectivity index (χ4n) is 1.57. The van der Waals surface area contributed by atoms with Crippen molar-refractivity contribution in [1.82, 2.24) is 5.32 Å². The zero-order valence-electron chi connectivity index (χ0n) is 8.63. The Morgan fingerprint density at radius 2 is 2.00 bits per heavy atom. The lowest BCUT2D eigenvalue weighted by Gasteiger charge is -2.01. The molecule has 0 aliphatic rings. The fraction of sp³-hybridized carbons (Fsp3) is 0.182. The lowest BCUT2D eigenvalue weighted by atomic mass is 10.2. The molecule has 0 bridgehead atoms. The summed E-state index contributed by atoms with van der Waals surface area (Å²) in [5, 5.41) is 6.83. The van der Waals surface area contributed by atoms with Crippen molar-refractivity contribution in [2.45, 2.75) is 0 Å². The number of amides is 1. The molecule has 0 unspecified atom stereocenters. The molecule has 0 spiro atoms. The summed E-state index contributed by atoms with van der Waals surface area (Å²) < 4.78 is 1.13. The van der Waals surface area contributed by atoms with Crippen LogP contribution in [0.2, 0.25) is 0 Å². The lowest BCUT2D eigenvalue weighted by molar-refractivity contribution is 0.0968. The minimum Gasteiger partial charge on any atom is -0.386 e. The van der Waals surface area contributed by atoms with Crippen LogP contribution in [0.1, 0.15) is 9.67 Å². The van der Waals surface area contributed by atoms with E-state index in [9.17, 15) is 4.79 Å². The largest absolute Gasteiger partial charge is 0.386 e. The standard InChI is InChI=1S/C11H12N2OS/c1-12-9-7-5-3-4-6-8(7)15-10(9)11(14)13-2/h3-6,12H,1-2H3,(H,13,14). The molecule has 0 saturated heterocycles. The highest BCUT2D eigenvalue weighted by Gasteiger charge is 2.15. The molecule has 0 fully saturated rings. The van der Waals surface area contributed by atoms with E-state index in [0.717, 1.165) is 20.7 Å². The van der Waals surface area contributed by atoms with E-state index in [2.05, 4.69) is 10.6 Å². The van der Waals surface area contributed by atoms with Crippen molar-refractivity contribution in [3.8, 4) is 0 Å². The number of hydrogen-bond acceptors (Lipinski definition) is 3. The van der Waals surface area contributed by atoms with Crippen LogP contribution in [0.15, 0.2) is 24.3 Å². The minimum absolute atomic E-state index is 0.0412. The van der Waals surface area contributed by atoms with Gasteiger partial charge >= 0.3 is 0 Å². The van der Waals surface area contributed by atoms with Crippen LogP contribution in [-0.2, 0) is 0 Å². The van der Waals surface area contributed by atoms with Crippen molar-refractivity contribution < 1.29 is 4.79 Å². The molecule has 2 aromatic rings. The average molecular weight is 220 g/mol. The molecule has 78 valence electrons. The summed E-state index contributed by atoms with van der Waals surface area (Å²) in [5.74, 6) is -0.0412. The molecule has 0 atom stereocenters. The molecule has 1 amide bonds. The molecule has 0 radical (unpaired) electrons. The van der Waals surface area contributed by atoms with Gasteiger partial charge < -0.3 is 10.6 Å². The van der Waals surface area contributed by atoms with Crippen LogP contribution in [0.4, 0.5) is 5.69 Å². The van der Waals surface area contributed by atoms with Gasteiger partial charge in [-0.1, -0.05) is 18.2 Å². The van der Waals surface area contributed by atoms with Crippen LogP contribution in [0.5, 0.6) is 0 Å². The van der Waals surface area contributed by atoms with Crippen LogP contribution in [0.3, 0.4) is 0 Å². The highest BCUT2D eigenvalue weighted by atomic mass is 32.1. The second-order valence-corrected chi connectivity index (χ2v) is 4.18. The second-order valence-electron chi connectivity index (χ2n) is 3.13. The van der Waals surface area contributed by atoms with E-state index < -0.39 is 0 Å². The van der Waals surface area contributed by atoms with E-state index in [4.69, 9.17) is 0 Å². The summed E-state index contributed by atoms with van der Waals surface area (Å²) in [4.78, 5) is 12.4. The van der Waals surface area contributed by atoms with E-state index in [1.54, 1.807) is 7.05 Å². The average Bonchev–Trinajstić information content (AvgIpc) is 2.66. The molecular formula is C11H12N2OS. The molecule has 15 heavy (non-hydrogen) atoms. The van der Waals surface area contributed by atoms with Crippen molar-refractivity contribution in [1.29, 1.82) is 0 Å². The van der Waals surface area contributed by atoms with E-state index in [1.165, 1.54) is 11.3 Å². The Kier molecular flexibility index (Phi) is 2.60. The zero-order valence-corrected chi connectivity index (χ0v) is 9.44. The van der Waals surface area contributed by atoms with Gasteiger partial charge in [0.25, 0.3) is 5.91 Å². The van der Waals surface area contributed by atoms with Gasteiger partial charge in [-0.25, -0.2) is 0 Å². The number of anilines is 1. The number of nitrogens with one attached hydrogen (secondary N) is 2. The van der Waals surface area contributed by atoms with Gasteiger partial charge in [-0.3, -0.25) is 4.79 Å². The SMILES string of the molecule is CNC(=O)c1sc2ccccc2c1NC. The number of benzene rings is 1. The van der Waals surface area contributed by atoms with Crippen LogP contribution >= 0.6 is 11.3 Å². The predicted octanol–water partition coefficient (Wildman–Crippen LogP) is 2.30. The Labute approximate surface area is 92.1 Å². The van der Waals surface area contributed by atoms with Crippen LogP contribution in [0, 0.1) is 0 Å². The van der Waals surface area contributed by atoms with Gasteiger partial charge in [0, 0.05) is 24.2 Å². The lowest BCUT2D eigenvalue weighted by Crippen LogP contribution is -2.17. The molecule has 0 aliphatic carbocycles. The third-order valence-corrected chi connectivity index (χ3v) is 3.45. The van der Waals surface area contributed by atoms with Crippen LogP contribution < -0.4 is 10.6 Å². The first kappa shape index (κ1) is 9.98. The third kappa shape index (κ3) is 1.57. The number of rotatable bonds is 2. The molecule has 0 saturated carbocycles. The molecule has 2 N–H and O–H groups in total. The first-order chi connectivity index (χ1) is 7.27. The maximum atomic E-state index is 11.6. The number of fused-ring (bicyclic) bond motifs is 1. The summed E-state index contributed by atoms with van der Waals surface area (Å²) >= 11 is 1.51. The maximum Gasteiger partial charge on any atom is 0.263 e. The van der Waals surface area contributed by atoms with E-state index >= 15 is 0 Å². The molecule has 1 heterocycles. The summed E-state index contributed by atoms with van der Waals surface area (Å²) in [6.45, 7) is 0. The van der Waals surface area contributed by atoms with Gasteiger partial charge in [-0.2, -0.15) is 0 Å². The van der Waals surface area contributed by atoms with Gasteiger partial charge in [0.2, 0.25) is 0 Å². The summed E-state index contributed by atoms with van der Waals surface area (Å²) in [6.07, 6.45) is 0. The second kappa shape index (κ2) is 3.90. The molecule has 3 nitrogen and oxygen atoms in total. The number of hydrogen-bond donors (Lipinski definition) is 2. The van der Waals surface area contributed by atoms with Gasteiger partial charge in [-0.05, 0) is 6.07 Å². The highest BCUT2D eigenvalue weighted by Crippen LogP contribution is 2.35. The number of carbonyl (C=O) groups excluding carboxylic acids is 1. The predicted molar refractivity (Wildman–Crippen MR) is 64.8 cm³/mol. The summed E-state index contributed by atoms with van der Waals surface area (Å²) in [6, 6.07) is 7.99. The highest BCUT2D eigenvalue weighted by molar-refractivity contribution is 7.21. The van der Waals surface area contributed by atoms with Crippen molar-refractivity contribution >= 4 is 33.0 Å². The van der Waals surface area contributed by atoms with E-state index in [0.29, 0.717) is 0 Å². The van der Waals surface area contributed by atoms with Crippen LogP contribution in [-0.4, -0.2) is 20.0 Å². The first-order valence-corrected chi connectivity index (χ1v) is 5.51. The molecule has 2 rings (SSSR count). The minimum atomic E-state index is -0.0412. The Bertz CT molecular complexity index is 504. The normalized spacial score (nSPS) is 10.3. The topological polar surface area (TPSA) is 41.1 Å². The van der Waals surface area contributed by atoms with E-state index in [-0.39, 0.29) is 5.91 Å². The quantitative estimate of drug-likeness (QED) is 0.815. The number of carbonyl (C=O) groups is 1. The molecule has 1 aromatic heterocycles. The third-order valence-electron chi connectivity index (χ3n) is 2.28. The molecule has 0 aliphatic heterocycles. The van der Waals surface area contributed by atoms with Crippen molar-refractivity contribution in [2.75, 3.05) is 19.4 Å². The maximum absolute atomic E-state index is 11.6. The van der Waals surface area contributed by atoms with Gasteiger partial charge in [0.15, 0.2) is 0 Å². The zero-order chi connectivity index (χ0) is 10.8. The Hall–Kier alpha value is -1.55. The molecule has 4 heteroatoms. The van der Waals surface area contributed by atoms with Gasteiger partial charge in [-0.15, -0.1) is 11.3 Å².